The third-order valence-corrected chi connectivity index (χ3v) is 4.74. The first kappa shape index (κ1) is 18.2. The van der Waals surface area contributed by atoms with Crippen LogP contribution in [0.25, 0.3) is 0 Å². The second-order valence-electron chi connectivity index (χ2n) is 7.68. The predicted octanol–water partition coefficient (Wildman–Crippen LogP) is 4.48. The van der Waals surface area contributed by atoms with Crippen molar-refractivity contribution in [3.8, 4) is 0 Å². The SMILES string of the molecule is CC(C)(C)c1ccccc1NC(=O)N1CCN(c2ccc(F)cc2)CC1. The summed E-state index contributed by atoms with van der Waals surface area (Å²) >= 11 is 0. The van der Waals surface area contributed by atoms with Gasteiger partial charge in [0.25, 0.3) is 0 Å². The minimum Gasteiger partial charge on any atom is -0.368 e. The first-order valence-corrected chi connectivity index (χ1v) is 9.00. The first-order chi connectivity index (χ1) is 12.3. The lowest BCUT2D eigenvalue weighted by molar-refractivity contribution is 0.208. The van der Waals surface area contributed by atoms with Gasteiger partial charge in [0.15, 0.2) is 0 Å². The number of carbonyl (C=O) groups is 1. The van der Waals surface area contributed by atoms with E-state index in [1.54, 1.807) is 12.1 Å². The summed E-state index contributed by atoms with van der Waals surface area (Å²) in [6.07, 6.45) is 0. The van der Waals surface area contributed by atoms with Gasteiger partial charge in [-0.3, -0.25) is 0 Å². The number of halogens is 1. The number of nitrogens with zero attached hydrogens (tertiary/aromatic N) is 2. The van der Waals surface area contributed by atoms with Gasteiger partial charge in [0.05, 0.1) is 0 Å². The molecule has 4 nitrogen and oxygen atoms in total. The lowest BCUT2D eigenvalue weighted by Gasteiger charge is -2.36. The number of urea groups is 1. The highest BCUT2D eigenvalue weighted by atomic mass is 19.1. The normalized spacial score (nSPS) is 15.1. The second-order valence-corrected chi connectivity index (χ2v) is 7.68. The van der Waals surface area contributed by atoms with Gasteiger partial charge in [-0.1, -0.05) is 39.0 Å². The Balaban J connectivity index is 1.62. The van der Waals surface area contributed by atoms with Crippen molar-refractivity contribution in [2.75, 3.05) is 36.4 Å². The number of anilines is 2. The van der Waals surface area contributed by atoms with Crippen LogP contribution in [0, 0.1) is 5.82 Å². The summed E-state index contributed by atoms with van der Waals surface area (Å²) in [6, 6.07) is 14.4. The quantitative estimate of drug-likeness (QED) is 0.862. The van der Waals surface area contributed by atoms with E-state index < -0.39 is 0 Å². The van der Waals surface area contributed by atoms with Crippen molar-refractivity contribution in [3.63, 3.8) is 0 Å². The number of hydrogen-bond donors (Lipinski definition) is 1. The fraction of sp³-hybridized carbons (Fsp3) is 0.381. The Morgan fingerprint density at radius 1 is 0.962 bits per heavy atom. The molecule has 0 atom stereocenters. The minimum atomic E-state index is -0.232. The molecule has 1 aliphatic rings. The highest BCUT2D eigenvalue weighted by molar-refractivity contribution is 5.90. The van der Waals surface area contributed by atoms with E-state index in [1.165, 1.54) is 12.1 Å². The zero-order chi connectivity index (χ0) is 18.7. The highest BCUT2D eigenvalue weighted by Gasteiger charge is 2.23. The number of amides is 2. The number of para-hydroxylation sites is 1. The molecule has 1 heterocycles. The van der Waals surface area contributed by atoms with Gasteiger partial charge in [0, 0.05) is 37.6 Å². The van der Waals surface area contributed by atoms with Gasteiger partial charge in [-0.2, -0.15) is 0 Å². The van der Waals surface area contributed by atoms with Crippen LogP contribution in [0.3, 0.4) is 0 Å². The molecule has 1 saturated heterocycles. The Labute approximate surface area is 154 Å². The summed E-state index contributed by atoms with van der Waals surface area (Å²) in [4.78, 5) is 16.7. The van der Waals surface area contributed by atoms with Crippen LogP contribution in [-0.4, -0.2) is 37.1 Å². The van der Waals surface area contributed by atoms with Crippen molar-refractivity contribution in [3.05, 3.63) is 59.9 Å². The summed E-state index contributed by atoms with van der Waals surface area (Å²) in [5.41, 5.74) is 2.94. The van der Waals surface area contributed by atoms with Gasteiger partial charge in [-0.25, -0.2) is 9.18 Å². The van der Waals surface area contributed by atoms with Crippen molar-refractivity contribution in [1.29, 1.82) is 0 Å². The van der Waals surface area contributed by atoms with E-state index in [2.05, 4.69) is 37.1 Å². The van der Waals surface area contributed by atoms with Crippen LogP contribution in [0.4, 0.5) is 20.6 Å². The third-order valence-electron chi connectivity index (χ3n) is 4.74. The van der Waals surface area contributed by atoms with Crippen LogP contribution in [0.1, 0.15) is 26.3 Å². The number of rotatable bonds is 2. The Morgan fingerprint density at radius 2 is 1.58 bits per heavy atom. The fourth-order valence-electron chi connectivity index (χ4n) is 3.26. The van der Waals surface area contributed by atoms with Crippen LogP contribution < -0.4 is 10.2 Å². The van der Waals surface area contributed by atoms with Gasteiger partial charge in [0.2, 0.25) is 0 Å². The lowest BCUT2D eigenvalue weighted by atomic mass is 9.86. The number of carbonyl (C=O) groups excluding carboxylic acids is 1. The Hall–Kier alpha value is -2.56. The average molecular weight is 355 g/mol. The molecular weight excluding hydrogens is 329 g/mol. The number of nitrogens with one attached hydrogen (secondary N) is 1. The van der Waals surface area contributed by atoms with Gasteiger partial charge < -0.3 is 15.1 Å². The molecule has 5 heteroatoms. The molecule has 3 rings (SSSR count). The molecule has 0 unspecified atom stereocenters. The molecule has 1 aliphatic heterocycles. The average Bonchev–Trinajstić information content (AvgIpc) is 2.62. The van der Waals surface area contributed by atoms with Gasteiger partial charge in [-0.05, 0) is 41.3 Å². The van der Waals surface area contributed by atoms with Crippen LogP contribution in [0.15, 0.2) is 48.5 Å². The fourth-order valence-corrected chi connectivity index (χ4v) is 3.26. The molecule has 1 N–H and O–H groups in total. The Kier molecular flexibility index (Phi) is 5.16. The summed E-state index contributed by atoms with van der Waals surface area (Å²) in [5.74, 6) is -0.232. The molecule has 2 aromatic rings. The molecule has 138 valence electrons. The molecule has 0 aromatic heterocycles. The molecule has 1 fully saturated rings. The maximum atomic E-state index is 13.1. The van der Waals surface area contributed by atoms with Crippen molar-refractivity contribution in [1.82, 2.24) is 4.90 Å². The number of piperazine rings is 1. The molecular formula is C21H26FN3O. The molecule has 26 heavy (non-hydrogen) atoms. The molecule has 0 saturated carbocycles. The molecule has 0 spiro atoms. The van der Waals surface area contributed by atoms with E-state index in [1.807, 2.05) is 23.1 Å². The standard InChI is InChI=1S/C21H26FN3O/c1-21(2,3)18-6-4-5-7-19(18)23-20(26)25-14-12-24(13-15-25)17-10-8-16(22)9-11-17/h4-11H,12-15H2,1-3H3,(H,23,26). The van der Waals surface area contributed by atoms with E-state index in [0.717, 1.165) is 30.0 Å². The maximum Gasteiger partial charge on any atom is 0.321 e. The highest BCUT2D eigenvalue weighted by Crippen LogP contribution is 2.29. The predicted molar refractivity (Wildman–Crippen MR) is 104 cm³/mol. The van der Waals surface area contributed by atoms with Gasteiger partial charge in [-0.15, -0.1) is 0 Å². The molecule has 0 radical (unpaired) electrons. The first-order valence-electron chi connectivity index (χ1n) is 9.00. The van der Waals surface area contributed by atoms with E-state index in [0.29, 0.717) is 13.1 Å². The zero-order valence-electron chi connectivity index (χ0n) is 15.6. The number of benzene rings is 2. The Bertz CT molecular complexity index is 760. The summed E-state index contributed by atoms with van der Waals surface area (Å²) in [5, 5.41) is 3.07. The second kappa shape index (κ2) is 7.36. The zero-order valence-corrected chi connectivity index (χ0v) is 15.6. The lowest BCUT2D eigenvalue weighted by Crippen LogP contribution is -2.50. The molecule has 0 bridgehead atoms. The van der Waals surface area contributed by atoms with Gasteiger partial charge in [0.1, 0.15) is 5.82 Å². The number of hydrogen-bond acceptors (Lipinski definition) is 2. The molecule has 2 amide bonds. The smallest absolute Gasteiger partial charge is 0.321 e. The van der Waals surface area contributed by atoms with Crippen LogP contribution in [-0.2, 0) is 5.41 Å². The summed E-state index contributed by atoms with van der Waals surface area (Å²) in [6.45, 7) is 9.17. The third kappa shape index (κ3) is 4.15. The minimum absolute atomic E-state index is 0.0366. The van der Waals surface area contributed by atoms with Crippen LogP contribution in [0.5, 0.6) is 0 Å². The monoisotopic (exact) mass is 355 g/mol. The largest absolute Gasteiger partial charge is 0.368 e. The maximum absolute atomic E-state index is 13.1. The summed E-state index contributed by atoms with van der Waals surface area (Å²) < 4.78 is 13.1. The van der Waals surface area contributed by atoms with E-state index >= 15 is 0 Å². The van der Waals surface area contributed by atoms with Crippen molar-refractivity contribution >= 4 is 17.4 Å². The van der Waals surface area contributed by atoms with E-state index in [4.69, 9.17) is 0 Å². The van der Waals surface area contributed by atoms with Crippen molar-refractivity contribution < 1.29 is 9.18 Å². The van der Waals surface area contributed by atoms with Crippen LogP contribution >= 0.6 is 0 Å². The van der Waals surface area contributed by atoms with E-state index in [-0.39, 0.29) is 17.3 Å². The van der Waals surface area contributed by atoms with Crippen molar-refractivity contribution in [2.45, 2.75) is 26.2 Å². The summed E-state index contributed by atoms with van der Waals surface area (Å²) in [7, 11) is 0. The van der Waals surface area contributed by atoms with Crippen molar-refractivity contribution in [2.24, 2.45) is 0 Å². The van der Waals surface area contributed by atoms with E-state index in [9.17, 15) is 9.18 Å². The molecule has 2 aromatic carbocycles. The van der Waals surface area contributed by atoms with Crippen LogP contribution in [0.2, 0.25) is 0 Å². The van der Waals surface area contributed by atoms with Gasteiger partial charge >= 0.3 is 6.03 Å². The molecule has 0 aliphatic carbocycles. The topological polar surface area (TPSA) is 35.6 Å². The Morgan fingerprint density at radius 3 is 2.19 bits per heavy atom.